The van der Waals surface area contributed by atoms with E-state index in [0.717, 1.165) is 131 Å². The third kappa shape index (κ3) is 14.6. The first kappa shape index (κ1) is 81.5. The first-order chi connectivity index (χ1) is 51.9. The third-order valence-electron chi connectivity index (χ3n) is 33.8. The molecule has 12 fully saturated rings. The number of nitrogens with zero attached hydrogens (tertiary/aromatic N) is 8. The number of nitrogens with one attached hydrogen (secondary N) is 1. The van der Waals surface area contributed by atoms with Crippen molar-refractivity contribution in [2.45, 2.75) is 252 Å². The molecule has 18 rings (SSSR count). The minimum atomic E-state index is -0.669. The Bertz CT molecular complexity index is 4300. The molecule has 0 bridgehead atoms. The van der Waals surface area contributed by atoms with Crippen molar-refractivity contribution in [1.29, 1.82) is 0 Å². The molecule has 0 amide bonds. The molecule has 0 spiro atoms. The SMILES string of the molecule is C.COC[C@@]1(O)CC[C@@]2(C)[C@@H](CC[C@@H]3[C@@H]2CC[C@]2(C)[C@@H](C(=O)CBr)CC[C@@H]32)C1.COC[C@@]1(O)CC[C@@]2(C)[C@@H](CC[C@@H]3[C@@H]2CC[C@]2(C)[C@@H](C(=O)Cn4cc5cc(F)ncc5n4)CC[C@@H]32)C1.COC[C@@]1(O)CC[C@@]2(C)[C@@H](CC[C@@H]3[C@@H]2CC[C@]2(C)[C@@H](C(=O)Cn4ncc5cc(F)ncc54)CC[C@@H]32)C1.Fc1cc2cn[nH]c2cn1. The number of rotatable bonds is 14. The largest absolute Gasteiger partial charge is 0.387 e. The molecule has 12 saturated carbocycles. The zero-order valence-corrected chi connectivity index (χ0v) is 67.7. The molecule has 12 aliphatic carbocycles. The lowest BCUT2D eigenvalue weighted by Crippen LogP contribution is -2.57. The van der Waals surface area contributed by atoms with Gasteiger partial charge in [-0.15, -0.1) is 0 Å². The van der Waals surface area contributed by atoms with Crippen LogP contribution in [0.1, 0.15) is 222 Å². The molecule has 110 heavy (non-hydrogen) atoms. The predicted octanol–water partition coefficient (Wildman–Crippen LogP) is 17.1. The van der Waals surface area contributed by atoms with Crippen molar-refractivity contribution in [2.24, 2.45) is 121 Å². The number of pyridine rings is 3. The number of alkyl halides is 1. The van der Waals surface area contributed by atoms with Crippen LogP contribution in [0.4, 0.5) is 13.2 Å². The molecule has 24 atom stereocenters. The number of hydrogen-bond donors (Lipinski definition) is 4. The maximum atomic E-state index is 13.7. The summed E-state index contributed by atoms with van der Waals surface area (Å²) in [6.07, 6.45) is 38.7. The monoisotopic (exact) mass is 1590 g/mol. The van der Waals surface area contributed by atoms with E-state index in [1.807, 2.05) is 0 Å². The van der Waals surface area contributed by atoms with E-state index in [4.69, 9.17) is 14.2 Å². The highest BCUT2D eigenvalue weighted by molar-refractivity contribution is 9.09. The first-order valence-electron chi connectivity index (χ1n) is 41.6. The first-order valence-corrected chi connectivity index (χ1v) is 42.8. The number of fused-ring (bicyclic) bond motifs is 18. The molecule has 22 heteroatoms. The summed E-state index contributed by atoms with van der Waals surface area (Å²) >= 11 is 3.43. The normalized spacial score (nSPS) is 41.3. The van der Waals surface area contributed by atoms with Crippen molar-refractivity contribution in [3.8, 4) is 0 Å². The Morgan fingerprint density at radius 1 is 0.473 bits per heavy atom. The number of Topliss-reactive ketones (excluding diaryl/α,β-unsaturated/α-hetero) is 3. The molecule has 0 unspecified atom stereocenters. The van der Waals surface area contributed by atoms with Gasteiger partial charge in [-0.25, -0.2) is 15.0 Å². The number of aliphatic hydroxyl groups is 3. The quantitative estimate of drug-likeness (QED) is 0.0585. The van der Waals surface area contributed by atoms with Crippen LogP contribution in [0.2, 0.25) is 0 Å². The number of aromatic amines is 1. The van der Waals surface area contributed by atoms with Crippen molar-refractivity contribution in [3.05, 3.63) is 73.2 Å². The fourth-order valence-corrected chi connectivity index (χ4v) is 28.7. The minimum Gasteiger partial charge on any atom is -0.387 e. The van der Waals surface area contributed by atoms with E-state index in [9.17, 15) is 42.9 Å². The summed E-state index contributed by atoms with van der Waals surface area (Å²) in [6.45, 7) is 16.6. The van der Waals surface area contributed by atoms with Gasteiger partial charge < -0.3 is 29.5 Å². The second-order valence-electron chi connectivity index (χ2n) is 38.8. The van der Waals surface area contributed by atoms with Crippen LogP contribution in [-0.4, -0.2) is 141 Å². The van der Waals surface area contributed by atoms with Gasteiger partial charge in [0.1, 0.15) is 17.8 Å². The molecule has 604 valence electrons. The molecule has 6 aromatic heterocycles. The molecular weight excluding hydrogens is 1460 g/mol. The van der Waals surface area contributed by atoms with Crippen molar-refractivity contribution < 1.29 is 57.1 Å². The smallest absolute Gasteiger partial charge is 0.213 e. The van der Waals surface area contributed by atoms with Crippen LogP contribution < -0.4 is 0 Å². The fraction of sp³-hybridized carbons (Fsp3) is 0.761. The van der Waals surface area contributed by atoms with E-state index in [1.54, 1.807) is 49.3 Å². The van der Waals surface area contributed by atoms with Crippen LogP contribution in [0.5, 0.6) is 0 Å². The topological polar surface area (TPSA) is 243 Å². The lowest BCUT2D eigenvalue weighted by atomic mass is 9.44. The number of methoxy groups -OCH3 is 3. The Labute approximate surface area is 657 Å². The van der Waals surface area contributed by atoms with Crippen LogP contribution >= 0.6 is 15.9 Å². The van der Waals surface area contributed by atoms with Gasteiger partial charge >= 0.3 is 0 Å². The Kier molecular flexibility index (Phi) is 23.1. The van der Waals surface area contributed by atoms with Gasteiger partial charge in [-0.1, -0.05) is 64.9 Å². The average molecular weight is 1590 g/mol. The molecule has 6 aromatic rings. The van der Waals surface area contributed by atoms with Gasteiger partial charge in [0.2, 0.25) is 17.8 Å². The molecule has 0 aromatic carbocycles. The Balaban J connectivity index is 0.000000130. The standard InChI is InChI=1S/2C29H40FN3O3.C23H37BrO3.C6H4FN3.CH4/c1-27-10-11-29(35,17-36-3)13-19(27)4-5-20-21-6-7-23(28(21,2)9-8-22(20)27)25(34)16-33-15-18-12-26(30)31-14-24(18)32-33;1-27-10-11-29(35,17-36-3)13-19(27)4-5-20-21-6-7-23(28(21,2)9-8-22(20)27)25(34)16-33-24-15-31-26(30)12-18(24)14-32-33;1-21-10-11-23(26,14-27-3)12-15(21)4-5-16-17-6-7-19(20(25)13-24)22(17,2)9-8-18(16)21;7-6-1-4-2-9-10-5(4)3-8-6;/h2*12,14-15,19-23,35H,4-11,13,16-17H2,1-3H3;15-19,26H,4-14H2,1-3H3;1-3H,(H,9,10);1H4/t2*19-,20-,21-,22-,23+,27-,28-,29+;15-,16-,17-,18-,19+,21-,22-,23+;;/m000../s1. The van der Waals surface area contributed by atoms with Crippen molar-refractivity contribution in [3.63, 3.8) is 0 Å². The van der Waals surface area contributed by atoms with Gasteiger partial charge in [0.25, 0.3) is 0 Å². The second kappa shape index (κ2) is 31.2. The van der Waals surface area contributed by atoms with E-state index < -0.39 is 34.6 Å². The van der Waals surface area contributed by atoms with Crippen LogP contribution in [0.15, 0.2) is 55.4 Å². The highest BCUT2D eigenvalue weighted by Crippen LogP contribution is 2.72. The van der Waals surface area contributed by atoms with Crippen LogP contribution in [0.3, 0.4) is 0 Å². The zero-order chi connectivity index (χ0) is 77.0. The highest BCUT2D eigenvalue weighted by atomic mass is 79.9. The minimum absolute atomic E-state index is 0. The van der Waals surface area contributed by atoms with Crippen LogP contribution in [0.25, 0.3) is 32.7 Å². The fourth-order valence-electron chi connectivity index (χ4n) is 28.3. The van der Waals surface area contributed by atoms with Crippen LogP contribution in [-0.2, 0) is 41.7 Å². The average Bonchev–Trinajstić information content (AvgIpc) is 1.34. The number of aromatic nitrogens is 9. The molecule has 0 aliphatic heterocycles. The van der Waals surface area contributed by atoms with E-state index in [2.05, 4.69) is 92.8 Å². The lowest BCUT2D eigenvalue weighted by molar-refractivity contribution is -0.164. The number of halogens is 4. The Morgan fingerprint density at radius 2 is 0.873 bits per heavy atom. The number of ketones is 3. The second-order valence-corrected chi connectivity index (χ2v) is 39.4. The van der Waals surface area contributed by atoms with Gasteiger partial charge in [-0.3, -0.25) is 28.8 Å². The maximum absolute atomic E-state index is 13.7. The molecular formula is C88H125BrF3N9O9. The Hall–Kier alpha value is -5.10. The molecule has 4 N–H and O–H groups in total. The van der Waals surface area contributed by atoms with Gasteiger partial charge in [0.05, 0.1) is 90.5 Å². The van der Waals surface area contributed by atoms with E-state index >= 15 is 0 Å². The van der Waals surface area contributed by atoms with Crippen LogP contribution in [0, 0.1) is 139 Å². The zero-order valence-electron chi connectivity index (χ0n) is 66.1. The lowest BCUT2D eigenvalue weighted by Gasteiger charge is -2.62. The van der Waals surface area contributed by atoms with E-state index in [1.165, 1.54) is 107 Å². The summed E-state index contributed by atoms with van der Waals surface area (Å²) in [7, 11) is 5.08. The van der Waals surface area contributed by atoms with Gasteiger partial charge in [0.15, 0.2) is 11.6 Å². The summed E-state index contributed by atoms with van der Waals surface area (Å²) < 4.78 is 58.8. The predicted molar refractivity (Wildman–Crippen MR) is 420 cm³/mol. The summed E-state index contributed by atoms with van der Waals surface area (Å²) in [5.41, 5.74) is 1.37. The van der Waals surface area contributed by atoms with Gasteiger partial charge in [0, 0.05) is 79.6 Å². The van der Waals surface area contributed by atoms with Crippen molar-refractivity contribution >= 4 is 66.0 Å². The molecule has 6 heterocycles. The van der Waals surface area contributed by atoms with Gasteiger partial charge in [-0.2, -0.15) is 28.5 Å². The molecule has 0 radical (unpaired) electrons. The summed E-state index contributed by atoms with van der Waals surface area (Å²) in [5, 5.41) is 51.0. The summed E-state index contributed by atoms with van der Waals surface area (Å²) in [6, 6.07) is 4.07. The van der Waals surface area contributed by atoms with Crippen molar-refractivity contribution in [2.75, 3.05) is 46.5 Å². The number of carbonyl (C=O) groups is 3. The highest BCUT2D eigenvalue weighted by Gasteiger charge is 2.66. The molecule has 18 nitrogen and oxygen atoms in total. The number of carbonyl (C=O) groups excluding carboxylic acids is 3. The number of ether oxygens (including phenoxy) is 3. The summed E-state index contributed by atoms with van der Waals surface area (Å²) in [5.74, 6) is 7.75. The third-order valence-corrected chi connectivity index (χ3v) is 34.4. The molecule has 0 saturated heterocycles. The van der Waals surface area contributed by atoms with E-state index in [0.29, 0.717) is 111 Å². The number of hydrogen-bond acceptors (Lipinski definition) is 15. The molecule has 12 aliphatic rings. The van der Waals surface area contributed by atoms with Gasteiger partial charge in [-0.05, 0) is 277 Å². The van der Waals surface area contributed by atoms with E-state index in [-0.39, 0.29) is 76.9 Å². The Morgan fingerprint density at radius 3 is 1.32 bits per heavy atom. The summed E-state index contributed by atoms with van der Waals surface area (Å²) in [4.78, 5) is 50.7. The number of H-pyrrole nitrogens is 1. The maximum Gasteiger partial charge on any atom is 0.213 e. The van der Waals surface area contributed by atoms with Crippen molar-refractivity contribution in [1.82, 2.24) is 44.7 Å².